The summed E-state index contributed by atoms with van der Waals surface area (Å²) in [6, 6.07) is 7.05. The van der Waals surface area contributed by atoms with Gasteiger partial charge >= 0.3 is 0 Å². The SMILES string of the molecule is CC(C)(C)OCC(=O)Nc1cc(Cl)ccc1-n1cccn1. The van der Waals surface area contributed by atoms with Gasteiger partial charge in [0.15, 0.2) is 0 Å². The molecule has 0 radical (unpaired) electrons. The third kappa shape index (κ3) is 4.58. The summed E-state index contributed by atoms with van der Waals surface area (Å²) in [5.74, 6) is -0.236. The van der Waals surface area contributed by atoms with Gasteiger partial charge in [0, 0.05) is 17.4 Å². The lowest BCUT2D eigenvalue weighted by Gasteiger charge is -2.19. The predicted molar refractivity (Wildman–Crippen MR) is 82.9 cm³/mol. The minimum absolute atomic E-state index is 0.0193. The van der Waals surface area contributed by atoms with Crippen molar-refractivity contribution in [3.8, 4) is 5.69 Å². The summed E-state index contributed by atoms with van der Waals surface area (Å²) in [7, 11) is 0. The van der Waals surface area contributed by atoms with Crippen molar-refractivity contribution in [3.05, 3.63) is 41.7 Å². The molecule has 21 heavy (non-hydrogen) atoms. The third-order valence-electron chi connectivity index (χ3n) is 2.62. The molecule has 0 aliphatic carbocycles. The molecule has 0 fully saturated rings. The van der Waals surface area contributed by atoms with Crippen molar-refractivity contribution in [1.82, 2.24) is 9.78 Å². The standard InChI is InChI=1S/C15H18ClN3O2/c1-15(2,3)21-10-14(20)18-12-9-11(16)5-6-13(12)19-8-4-7-17-19/h4-9H,10H2,1-3H3,(H,18,20). The zero-order chi connectivity index (χ0) is 15.5. The van der Waals surface area contributed by atoms with Gasteiger partial charge in [0.05, 0.1) is 17.0 Å². The maximum absolute atomic E-state index is 12.0. The average Bonchev–Trinajstić information content (AvgIpc) is 2.89. The van der Waals surface area contributed by atoms with Gasteiger partial charge in [-0.1, -0.05) is 11.6 Å². The van der Waals surface area contributed by atoms with Crippen molar-refractivity contribution in [3.63, 3.8) is 0 Å². The number of nitrogens with one attached hydrogen (secondary N) is 1. The molecular weight excluding hydrogens is 290 g/mol. The maximum atomic E-state index is 12.0. The van der Waals surface area contributed by atoms with Crippen molar-refractivity contribution >= 4 is 23.2 Å². The van der Waals surface area contributed by atoms with E-state index in [9.17, 15) is 4.79 Å². The van der Waals surface area contributed by atoms with Crippen LogP contribution in [0.25, 0.3) is 5.69 Å². The van der Waals surface area contributed by atoms with E-state index in [1.165, 1.54) is 0 Å². The van der Waals surface area contributed by atoms with Crippen molar-refractivity contribution in [2.75, 3.05) is 11.9 Å². The van der Waals surface area contributed by atoms with Gasteiger partial charge < -0.3 is 10.1 Å². The van der Waals surface area contributed by atoms with Crippen LogP contribution < -0.4 is 5.32 Å². The van der Waals surface area contributed by atoms with E-state index in [1.54, 1.807) is 35.3 Å². The van der Waals surface area contributed by atoms with Crippen LogP contribution in [0.4, 0.5) is 5.69 Å². The summed E-state index contributed by atoms with van der Waals surface area (Å²) >= 11 is 6.00. The molecule has 2 aromatic rings. The first-order valence-electron chi connectivity index (χ1n) is 6.58. The number of aromatic nitrogens is 2. The van der Waals surface area contributed by atoms with Gasteiger partial charge in [0.25, 0.3) is 0 Å². The number of carbonyl (C=O) groups is 1. The quantitative estimate of drug-likeness (QED) is 0.943. The number of nitrogens with zero attached hydrogens (tertiary/aromatic N) is 2. The van der Waals surface area contributed by atoms with Crippen molar-refractivity contribution in [2.24, 2.45) is 0 Å². The second-order valence-electron chi connectivity index (χ2n) is 5.56. The van der Waals surface area contributed by atoms with Crippen LogP contribution in [-0.2, 0) is 9.53 Å². The molecular formula is C15H18ClN3O2. The van der Waals surface area contributed by atoms with E-state index in [0.717, 1.165) is 5.69 Å². The third-order valence-corrected chi connectivity index (χ3v) is 2.86. The van der Waals surface area contributed by atoms with Crippen molar-refractivity contribution in [1.29, 1.82) is 0 Å². The molecule has 112 valence electrons. The smallest absolute Gasteiger partial charge is 0.250 e. The minimum atomic E-state index is -0.365. The molecule has 0 aliphatic heterocycles. The summed E-state index contributed by atoms with van der Waals surface area (Å²) in [4.78, 5) is 12.0. The molecule has 5 nitrogen and oxygen atoms in total. The lowest BCUT2D eigenvalue weighted by Crippen LogP contribution is -2.27. The Bertz CT molecular complexity index is 618. The number of hydrogen-bond donors (Lipinski definition) is 1. The van der Waals surface area contributed by atoms with Gasteiger partial charge in [0.2, 0.25) is 5.91 Å². The number of anilines is 1. The molecule has 1 heterocycles. The van der Waals surface area contributed by atoms with E-state index in [0.29, 0.717) is 10.7 Å². The summed E-state index contributed by atoms with van der Waals surface area (Å²) in [6.07, 6.45) is 3.47. The number of ether oxygens (including phenoxy) is 1. The highest BCUT2D eigenvalue weighted by molar-refractivity contribution is 6.31. The molecule has 1 aromatic heterocycles. The van der Waals surface area contributed by atoms with Gasteiger partial charge in [0.1, 0.15) is 6.61 Å². The number of hydrogen-bond acceptors (Lipinski definition) is 3. The zero-order valence-corrected chi connectivity index (χ0v) is 13.0. The summed E-state index contributed by atoms with van der Waals surface area (Å²) in [5, 5.41) is 7.50. The Kier molecular flexibility index (Phi) is 4.65. The highest BCUT2D eigenvalue weighted by atomic mass is 35.5. The second-order valence-corrected chi connectivity index (χ2v) is 6.00. The van der Waals surface area contributed by atoms with E-state index in [4.69, 9.17) is 16.3 Å². The Hall–Kier alpha value is -1.85. The Morgan fingerprint density at radius 1 is 1.43 bits per heavy atom. The summed E-state index contributed by atoms with van der Waals surface area (Å²) < 4.78 is 7.12. The van der Waals surface area contributed by atoms with Crippen LogP contribution in [0.15, 0.2) is 36.7 Å². The van der Waals surface area contributed by atoms with Crippen LogP contribution >= 0.6 is 11.6 Å². The molecule has 0 unspecified atom stereocenters. The van der Waals surface area contributed by atoms with E-state index in [-0.39, 0.29) is 18.1 Å². The van der Waals surface area contributed by atoms with Crippen molar-refractivity contribution < 1.29 is 9.53 Å². The topological polar surface area (TPSA) is 56.1 Å². The highest BCUT2D eigenvalue weighted by Crippen LogP contribution is 2.24. The van der Waals surface area contributed by atoms with Gasteiger partial charge in [-0.2, -0.15) is 5.10 Å². The molecule has 6 heteroatoms. The van der Waals surface area contributed by atoms with E-state index < -0.39 is 0 Å². The lowest BCUT2D eigenvalue weighted by atomic mass is 10.2. The molecule has 1 amide bonds. The van der Waals surface area contributed by atoms with E-state index in [2.05, 4.69) is 10.4 Å². The molecule has 0 spiro atoms. The fraction of sp³-hybridized carbons (Fsp3) is 0.333. The molecule has 0 bridgehead atoms. The van der Waals surface area contributed by atoms with Crippen molar-refractivity contribution in [2.45, 2.75) is 26.4 Å². The molecule has 0 saturated heterocycles. The normalized spacial score (nSPS) is 11.4. The first-order valence-corrected chi connectivity index (χ1v) is 6.96. The maximum Gasteiger partial charge on any atom is 0.250 e. The van der Waals surface area contributed by atoms with Gasteiger partial charge in [-0.3, -0.25) is 4.79 Å². The van der Waals surface area contributed by atoms with Crippen LogP contribution in [0.1, 0.15) is 20.8 Å². The first kappa shape index (κ1) is 15.5. The van der Waals surface area contributed by atoms with Gasteiger partial charge in [-0.15, -0.1) is 0 Å². The highest BCUT2D eigenvalue weighted by Gasteiger charge is 2.14. The van der Waals surface area contributed by atoms with Gasteiger partial charge in [-0.25, -0.2) is 4.68 Å². The fourth-order valence-corrected chi connectivity index (χ4v) is 1.86. The monoisotopic (exact) mass is 307 g/mol. The molecule has 0 atom stereocenters. The molecule has 1 aromatic carbocycles. The average molecular weight is 308 g/mol. The molecule has 1 N–H and O–H groups in total. The summed E-state index contributed by atoms with van der Waals surface area (Å²) in [6.45, 7) is 5.67. The summed E-state index contributed by atoms with van der Waals surface area (Å²) in [5.41, 5.74) is 0.971. The number of halogens is 1. The van der Waals surface area contributed by atoms with Crippen LogP contribution in [0, 0.1) is 0 Å². The molecule has 0 saturated carbocycles. The van der Waals surface area contributed by atoms with Crippen LogP contribution in [0.5, 0.6) is 0 Å². The zero-order valence-electron chi connectivity index (χ0n) is 12.3. The number of rotatable bonds is 4. The van der Waals surface area contributed by atoms with Gasteiger partial charge in [-0.05, 0) is 45.0 Å². The predicted octanol–water partition coefficient (Wildman–Crippen LogP) is 3.28. The Morgan fingerprint density at radius 2 is 2.19 bits per heavy atom. The van der Waals surface area contributed by atoms with E-state index in [1.807, 2.05) is 26.8 Å². The first-order chi connectivity index (χ1) is 9.85. The fourth-order valence-electron chi connectivity index (χ4n) is 1.69. The lowest BCUT2D eigenvalue weighted by molar-refractivity contribution is -0.125. The van der Waals surface area contributed by atoms with Crippen LogP contribution in [-0.4, -0.2) is 27.9 Å². The second kappa shape index (κ2) is 6.28. The van der Waals surface area contributed by atoms with E-state index >= 15 is 0 Å². The Labute approximate surface area is 128 Å². The Balaban J connectivity index is 2.16. The number of carbonyl (C=O) groups excluding carboxylic acids is 1. The largest absolute Gasteiger partial charge is 0.366 e. The number of benzene rings is 1. The van der Waals surface area contributed by atoms with Crippen LogP contribution in [0.2, 0.25) is 5.02 Å². The van der Waals surface area contributed by atoms with Crippen LogP contribution in [0.3, 0.4) is 0 Å². The molecule has 0 aliphatic rings. The Morgan fingerprint density at radius 3 is 2.81 bits per heavy atom. The molecule has 2 rings (SSSR count). The number of amides is 1. The minimum Gasteiger partial charge on any atom is -0.366 e.